The Hall–Kier alpha value is -2.12. The van der Waals surface area contributed by atoms with Crippen LogP contribution in [0.15, 0.2) is 34.6 Å². The summed E-state index contributed by atoms with van der Waals surface area (Å²) in [6.45, 7) is 10.1. The van der Waals surface area contributed by atoms with Gasteiger partial charge in [-0.3, -0.25) is 0 Å². The summed E-state index contributed by atoms with van der Waals surface area (Å²) in [5, 5.41) is 19.6. The van der Waals surface area contributed by atoms with Gasteiger partial charge in [0.1, 0.15) is 23.5 Å². The average molecular weight is 391 g/mol. The lowest BCUT2D eigenvalue weighted by Gasteiger charge is -2.16. The van der Waals surface area contributed by atoms with Crippen molar-refractivity contribution in [3.63, 3.8) is 0 Å². The minimum Gasteiger partial charge on any atom is -0.491 e. The first-order valence-electron chi connectivity index (χ1n) is 9.32. The summed E-state index contributed by atoms with van der Waals surface area (Å²) in [5.74, 6) is 1.85. The highest BCUT2D eigenvalue weighted by Gasteiger charge is 2.08. The number of nitrogens with one attached hydrogen (secondary N) is 2. The second-order valence-electron chi connectivity index (χ2n) is 6.68. The van der Waals surface area contributed by atoms with Crippen molar-refractivity contribution < 1.29 is 9.84 Å². The summed E-state index contributed by atoms with van der Waals surface area (Å²) in [4.78, 5) is 9.14. The minimum absolute atomic E-state index is 0.222. The lowest BCUT2D eigenvalue weighted by Crippen LogP contribution is -2.42. The zero-order valence-corrected chi connectivity index (χ0v) is 17.3. The zero-order chi connectivity index (χ0) is 19.6. The maximum absolute atomic E-state index is 10.2. The SMILES string of the molecule is CCNC(=NCc1nc(C(C)C)cs1)NCC(O)COc1cccc(C)c1. The van der Waals surface area contributed by atoms with Gasteiger partial charge in [0, 0.05) is 18.5 Å². The van der Waals surface area contributed by atoms with Crippen LogP contribution in [0.3, 0.4) is 0 Å². The number of hydrogen-bond donors (Lipinski definition) is 3. The molecule has 0 spiro atoms. The van der Waals surface area contributed by atoms with Gasteiger partial charge in [-0.1, -0.05) is 26.0 Å². The Morgan fingerprint density at radius 2 is 2.15 bits per heavy atom. The number of ether oxygens (including phenoxy) is 1. The van der Waals surface area contributed by atoms with Crippen LogP contribution in [-0.4, -0.2) is 41.9 Å². The number of thiazole rings is 1. The van der Waals surface area contributed by atoms with E-state index in [0.29, 0.717) is 25.0 Å². The molecule has 1 aromatic heterocycles. The molecule has 148 valence electrons. The lowest BCUT2D eigenvalue weighted by molar-refractivity contribution is 0.110. The Kier molecular flexibility index (Phi) is 8.54. The molecular formula is C20H30N4O2S. The van der Waals surface area contributed by atoms with E-state index in [-0.39, 0.29) is 6.61 Å². The number of aromatic nitrogens is 1. The van der Waals surface area contributed by atoms with Gasteiger partial charge in [-0.2, -0.15) is 0 Å². The average Bonchev–Trinajstić information content (AvgIpc) is 3.12. The molecule has 0 radical (unpaired) electrons. The predicted molar refractivity (Wildman–Crippen MR) is 112 cm³/mol. The molecule has 1 unspecified atom stereocenters. The Balaban J connectivity index is 1.81. The monoisotopic (exact) mass is 390 g/mol. The maximum atomic E-state index is 10.2. The Morgan fingerprint density at radius 3 is 2.81 bits per heavy atom. The highest BCUT2D eigenvalue weighted by Crippen LogP contribution is 2.18. The van der Waals surface area contributed by atoms with Gasteiger partial charge < -0.3 is 20.5 Å². The molecule has 3 N–H and O–H groups in total. The quantitative estimate of drug-likeness (QED) is 0.453. The number of aliphatic imine (C=N–C) groups is 1. The summed E-state index contributed by atoms with van der Waals surface area (Å²) >= 11 is 1.63. The lowest BCUT2D eigenvalue weighted by atomic mass is 10.2. The molecule has 0 amide bonds. The van der Waals surface area contributed by atoms with Crippen LogP contribution in [-0.2, 0) is 6.54 Å². The van der Waals surface area contributed by atoms with E-state index in [9.17, 15) is 5.11 Å². The maximum Gasteiger partial charge on any atom is 0.191 e. The van der Waals surface area contributed by atoms with Gasteiger partial charge in [-0.25, -0.2) is 9.98 Å². The normalized spacial score (nSPS) is 12.9. The van der Waals surface area contributed by atoms with Gasteiger partial charge in [-0.05, 0) is 37.5 Å². The standard InChI is InChI=1S/C20H30N4O2S/c1-5-21-20(23-11-19-24-18(13-27-19)14(2)3)22-10-16(25)12-26-17-8-6-7-15(4)9-17/h6-9,13-14,16,25H,5,10-12H2,1-4H3,(H2,21,22,23). The first-order valence-corrected chi connectivity index (χ1v) is 10.2. The Labute approximate surface area is 165 Å². The molecule has 2 rings (SSSR count). The first kappa shape index (κ1) is 21.2. The van der Waals surface area contributed by atoms with Crippen LogP contribution in [0.1, 0.15) is 43.0 Å². The third kappa shape index (κ3) is 7.56. The van der Waals surface area contributed by atoms with Gasteiger partial charge >= 0.3 is 0 Å². The summed E-state index contributed by atoms with van der Waals surface area (Å²) in [5.41, 5.74) is 2.23. The molecule has 0 aliphatic heterocycles. The summed E-state index contributed by atoms with van der Waals surface area (Å²) in [6.07, 6.45) is -0.637. The molecule has 0 saturated carbocycles. The number of aliphatic hydroxyl groups excluding tert-OH is 1. The third-order valence-corrected chi connectivity index (χ3v) is 4.67. The van der Waals surface area contributed by atoms with Crippen molar-refractivity contribution in [2.24, 2.45) is 4.99 Å². The van der Waals surface area contributed by atoms with Crippen LogP contribution in [0.5, 0.6) is 5.75 Å². The third-order valence-electron chi connectivity index (χ3n) is 3.81. The van der Waals surface area contributed by atoms with E-state index in [1.165, 1.54) is 0 Å². The van der Waals surface area contributed by atoms with Crippen molar-refractivity contribution in [2.75, 3.05) is 19.7 Å². The van der Waals surface area contributed by atoms with E-state index in [2.05, 4.69) is 39.8 Å². The Morgan fingerprint density at radius 1 is 1.33 bits per heavy atom. The van der Waals surface area contributed by atoms with Crippen LogP contribution < -0.4 is 15.4 Å². The van der Waals surface area contributed by atoms with Crippen molar-refractivity contribution in [3.05, 3.63) is 45.9 Å². The van der Waals surface area contributed by atoms with Crippen molar-refractivity contribution >= 4 is 17.3 Å². The molecule has 7 heteroatoms. The number of aryl methyl sites for hydroxylation is 1. The van der Waals surface area contributed by atoms with Crippen LogP contribution in [0.4, 0.5) is 0 Å². The molecular weight excluding hydrogens is 360 g/mol. The summed E-state index contributed by atoms with van der Waals surface area (Å²) < 4.78 is 5.64. The molecule has 27 heavy (non-hydrogen) atoms. The molecule has 0 bridgehead atoms. The smallest absolute Gasteiger partial charge is 0.191 e. The second kappa shape index (κ2) is 10.9. The Bertz CT molecular complexity index is 730. The number of aliphatic hydroxyl groups is 1. The molecule has 0 fully saturated rings. The number of hydrogen-bond acceptors (Lipinski definition) is 5. The van der Waals surface area contributed by atoms with Gasteiger partial charge in [0.2, 0.25) is 0 Å². The van der Waals surface area contributed by atoms with Crippen molar-refractivity contribution in [1.29, 1.82) is 0 Å². The molecule has 1 aromatic carbocycles. The van der Waals surface area contributed by atoms with Crippen LogP contribution in [0.2, 0.25) is 0 Å². The van der Waals surface area contributed by atoms with Crippen LogP contribution in [0.25, 0.3) is 0 Å². The van der Waals surface area contributed by atoms with Gasteiger partial charge in [0.15, 0.2) is 5.96 Å². The number of guanidine groups is 1. The zero-order valence-electron chi connectivity index (χ0n) is 16.5. The van der Waals surface area contributed by atoms with Crippen molar-refractivity contribution in [3.8, 4) is 5.75 Å². The van der Waals surface area contributed by atoms with E-state index < -0.39 is 6.10 Å². The fourth-order valence-electron chi connectivity index (χ4n) is 2.32. The number of nitrogens with zero attached hydrogens (tertiary/aromatic N) is 2. The van der Waals surface area contributed by atoms with E-state index in [1.54, 1.807) is 11.3 Å². The summed E-state index contributed by atoms with van der Waals surface area (Å²) in [7, 11) is 0. The number of rotatable bonds is 9. The highest BCUT2D eigenvalue weighted by atomic mass is 32.1. The van der Waals surface area contributed by atoms with Crippen LogP contribution >= 0.6 is 11.3 Å². The van der Waals surface area contributed by atoms with Crippen LogP contribution in [0, 0.1) is 6.92 Å². The highest BCUT2D eigenvalue weighted by molar-refractivity contribution is 7.09. The van der Waals surface area contributed by atoms with Gasteiger partial charge in [0.05, 0.1) is 12.2 Å². The minimum atomic E-state index is -0.637. The van der Waals surface area contributed by atoms with E-state index in [4.69, 9.17) is 4.74 Å². The first-order chi connectivity index (χ1) is 13.0. The topological polar surface area (TPSA) is 78.8 Å². The molecule has 0 aliphatic rings. The molecule has 0 aliphatic carbocycles. The van der Waals surface area contributed by atoms with Gasteiger partial charge in [0.25, 0.3) is 0 Å². The molecule has 1 heterocycles. The van der Waals surface area contributed by atoms with Crippen molar-refractivity contribution in [2.45, 2.75) is 46.3 Å². The van der Waals surface area contributed by atoms with E-state index in [1.807, 2.05) is 38.1 Å². The largest absolute Gasteiger partial charge is 0.491 e. The van der Waals surface area contributed by atoms with Gasteiger partial charge in [-0.15, -0.1) is 11.3 Å². The fourth-order valence-corrected chi connectivity index (χ4v) is 3.20. The van der Waals surface area contributed by atoms with E-state index in [0.717, 1.165) is 28.6 Å². The summed E-state index contributed by atoms with van der Waals surface area (Å²) in [6, 6.07) is 7.79. The van der Waals surface area contributed by atoms with E-state index >= 15 is 0 Å². The molecule has 6 nitrogen and oxygen atoms in total. The molecule has 0 saturated heterocycles. The second-order valence-corrected chi connectivity index (χ2v) is 7.62. The predicted octanol–water partition coefficient (Wildman–Crippen LogP) is 3.07. The van der Waals surface area contributed by atoms with Crippen molar-refractivity contribution in [1.82, 2.24) is 15.6 Å². The fraction of sp³-hybridized carbons (Fsp3) is 0.500. The molecule has 2 aromatic rings. The number of benzene rings is 1. The molecule has 1 atom stereocenters.